The molecule has 0 heterocycles. The lowest BCUT2D eigenvalue weighted by Crippen LogP contribution is -2.59. The molecule has 0 aliphatic heterocycles. The minimum Gasteiger partial charge on any atom is -0.352 e. The summed E-state index contributed by atoms with van der Waals surface area (Å²) in [4.78, 5) is 23.1. The second-order valence-electron chi connectivity index (χ2n) is 4.59. The number of halogens is 3. The van der Waals surface area contributed by atoms with Gasteiger partial charge in [0.2, 0.25) is 0 Å². The number of alkyl halides is 3. The van der Waals surface area contributed by atoms with Gasteiger partial charge >= 0.3 is 6.18 Å². The average Bonchev–Trinajstić information content (AvgIpc) is 2.38. The Morgan fingerprint density at radius 2 is 1.71 bits per heavy atom. The van der Waals surface area contributed by atoms with Crippen LogP contribution in [0.25, 0.3) is 0 Å². The maximum absolute atomic E-state index is 12.6. The lowest BCUT2D eigenvalue weighted by Gasteiger charge is -2.26. The number of benzene rings is 1. The number of rotatable bonds is 4. The Morgan fingerprint density at radius 1 is 1.19 bits per heavy atom. The molecule has 0 radical (unpaired) electrons. The van der Waals surface area contributed by atoms with E-state index >= 15 is 0 Å². The Kier molecular flexibility index (Phi) is 4.95. The molecule has 8 heteroatoms. The predicted molar refractivity (Wildman–Crippen MR) is 71.7 cm³/mol. The first-order valence-corrected chi connectivity index (χ1v) is 6.15. The first-order valence-electron chi connectivity index (χ1n) is 6.15. The van der Waals surface area contributed by atoms with E-state index in [-0.39, 0.29) is 11.6 Å². The number of hydrogen-bond acceptors (Lipinski definition) is 3. The molecule has 0 bridgehead atoms. The number of carbonyl (C=O) groups is 2. The molecule has 0 aromatic heterocycles. The fourth-order valence-electron chi connectivity index (χ4n) is 1.36. The Morgan fingerprint density at radius 3 is 2.14 bits per heavy atom. The van der Waals surface area contributed by atoms with E-state index in [1.165, 1.54) is 24.3 Å². The Bertz CT molecular complexity index is 524. The lowest BCUT2D eigenvalue weighted by atomic mass is 10.0. The molecule has 0 aliphatic carbocycles. The van der Waals surface area contributed by atoms with Crippen molar-refractivity contribution in [3.8, 4) is 0 Å². The molecule has 116 valence electrons. The van der Waals surface area contributed by atoms with Gasteiger partial charge in [0.05, 0.1) is 0 Å². The van der Waals surface area contributed by atoms with Crippen LogP contribution >= 0.6 is 0 Å². The molecule has 2 amide bonds. The molecule has 0 aliphatic rings. The average molecular weight is 303 g/mol. The number of nitrogens with two attached hydrogens (primary N) is 1. The van der Waals surface area contributed by atoms with Crippen molar-refractivity contribution in [1.29, 1.82) is 0 Å². The van der Waals surface area contributed by atoms with Crippen molar-refractivity contribution in [3.63, 3.8) is 0 Å². The number of nitrogens with one attached hydrogen (secondary N) is 2. The highest BCUT2D eigenvalue weighted by Crippen LogP contribution is 2.29. The summed E-state index contributed by atoms with van der Waals surface area (Å²) in [5.74, 6) is -1.69. The monoisotopic (exact) mass is 303 g/mol. The zero-order chi connectivity index (χ0) is 16.3. The summed E-state index contributed by atoms with van der Waals surface area (Å²) in [6.07, 6.45) is -4.86. The zero-order valence-corrected chi connectivity index (χ0v) is 11.5. The van der Waals surface area contributed by atoms with Gasteiger partial charge in [0.25, 0.3) is 11.8 Å². The quantitative estimate of drug-likeness (QED) is 0.791. The van der Waals surface area contributed by atoms with Gasteiger partial charge < -0.3 is 16.4 Å². The Hall–Kier alpha value is -2.09. The van der Waals surface area contributed by atoms with Gasteiger partial charge in [-0.05, 0) is 38.1 Å². The second kappa shape index (κ2) is 6.13. The van der Waals surface area contributed by atoms with Gasteiger partial charge in [0.15, 0.2) is 5.54 Å². The largest absolute Gasteiger partial charge is 0.415 e. The molecule has 1 aromatic rings. The van der Waals surface area contributed by atoms with Gasteiger partial charge in [-0.2, -0.15) is 13.2 Å². The third-order valence-electron chi connectivity index (χ3n) is 2.80. The van der Waals surface area contributed by atoms with Crippen molar-refractivity contribution in [3.05, 3.63) is 29.8 Å². The third-order valence-corrected chi connectivity index (χ3v) is 2.80. The molecule has 0 spiro atoms. The SMILES string of the molecule is CCNC(=O)c1ccc(NC(=O)C(C)(N)C(F)(F)F)cc1. The first-order chi connectivity index (χ1) is 9.59. The smallest absolute Gasteiger partial charge is 0.352 e. The van der Waals surface area contributed by atoms with Crippen molar-refractivity contribution in [2.24, 2.45) is 5.73 Å². The molecule has 1 aromatic carbocycles. The number of amides is 2. The second-order valence-corrected chi connectivity index (χ2v) is 4.59. The topological polar surface area (TPSA) is 84.2 Å². The van der Waals surface area contributed by atoms with Crippen molar-refractivity contribution in [2.75, 3.05) is 11.9 Å². The van der Waals surface area contributed by atoms with Gasteiger partial charge in [0.1, 0.15) is 0 Å². The van der Waals surface area contributed by atoms with Crippen LogP contribution in [0.4, 0.5) is 18.9 Å². The Labute approximate surface area is 119 Å². The summed E-state index contributed by atoms with van der Waals surface area (Å²) in [5.41, 5.74) is 2.46. The van der Waals surface area contributed by atoms with Crippen molar-refractivity contribution >= 4 is 17.5 Å². The highest BCUT2D eigenvalue weighted by atomic mass is 19.4. The fraction of sp³-hybridized carbons (Fsp3) is 0.385. The predicted octanol–water partition coefficient (Wildman–Crippen LogP) is 1.65. The van der Waals surface area contributed by atoms with Crippen LogP contribution in [0.1, 0.15) is 24.2 Å². The van der Waals surface area contributed by atoms with Gasteiger partial charge in [-0.1, -0.05) is 0 Å². The van der Waals surface area contributed by atoms with E-state index in [1.807, 2.05) is 0 Å². The van der Waals surface area contributed by atoms with Crippen LogP contribution in [0.2, 0.25) is 0 Å². The summed E-state index contributed by atoms with van der Waals surface area (Å²) >= 11 is 0. The molecular weight excluding hydrogens is 287 g/mol. The van der Waals surface area contributed by atoms with Gasteiger partial charge in [-0.25, -0.2) is 0 Å². The maximum Gasteiger partial charge on any atom is 0.415 e. The van der Waals surface area contributed by atoms with Crippen LogP contribution in [-0.4, -0.2) is 30.1 Å². The number of hydrogen-bond donors (Lipinski definition) is 3. The molecule has 5 nitrogen and oxygen atoms in total. The molecule has 4 N–H and O–H groups in total. The van der Waals surface area contributed by atoms with E-state index in [2.05, 4.69) is 10.6 Å². The molecule has 1 rings (SSSR count). The van der Waals surface area contributed by atoms with E-state index in [9.17, 15) is 22.8 Å². The summed E-state index contributed by atoms with van der Waals surface area (Å²) < 4.78 is 37.8. The van der Waals surface area contributed by atoms with E-state index < -0.39 is 17.6 Å². The minimum absolute atomic E-state index is 0.119. The highest BCUT2D eigenvalue weighted by molar-refractivity contribution is 5.99. The molecular formula is C13H16F3N3O2. The van der Waals surface area contributed by atoms with E-state index in [0.29, 0.717) is 19.0 Å². The van der Waals surface area contributed by atoms with E-state index in [4.69, 9.17) is 5.73 Å². The van der Waals surface area contributed by atoms with Crippen LogP contribution in [0, 0.1) is 0 Å². The standard InChI is InChI=1S/C13H16F3N3O2/c1-3-18-10(20)8-4-6-9(7-5-8)19-11(21)12(2,17)13(14,15)16/h4-7H,3,17H2,1-2H3,(H,18,20)(H,19,21). The molecule has 0 saturated heterocycles. The first kappa shape index (κ1) is 17.0. The molecule has 0 saturated carbocycles. The van der Waals surface area contributed by atoms with Crippen molar-refractivity contribution < 1.29 is 22.8 Å². The summed E-state index contributed by atoms with van der Waals surface area (Å²) in [7, 11) is 0. The molecule has 1 atom stereocenters. The molecule has 0 fully saturated rings. The van der Waals surface area contributed by atoms with E-state index in [1.54, 1.807) is 6.92 Å². The third kappa shape index (κ3) is 3.94. The highest BCUT2D eigenvalue weighted by Gasteiger charge is 2.53. The zero-order valence-electron chi connectivity index (χ0n) is 11.5. The molecule has 1 unspecified atom stereocenters. The van der Waals surface area contributed by atoms with Crippen molar-refractivity contribution in [2.45, 2.75) is 25.6 Å². The van der Waals surface area contributed by atoms with E-state index in [0.717, 1.165) is 0 Å². The number of anilines is 1. The lowest BCUT2D eigenvalue weighted by molar-refractivity contribution is -0.184. The maximum atomic E-state index is 12.6. The van der Waals surface area contributed by atoms with Gasteiger partial charge in [-0.3, -0.25) is 9.59 Å². The normalized spacial score (nSPS) is 14.2. The van der Waals surface area contributed by atoms with Crippen LogP contribution < -0.4 is 16.4 Å². The Balaban J connectivity index is 2.81. The fourth-order valence-corrected chi connectivity index (χ4v) is 1.36. The molecule has 21 heavy (non-hydrogen) atoms. The number of carbonyl (C=O) groups excluding carboxylic acids is 2. The van der Waals surface area contributed by atoms with Crippen LogP contribution in [-0.2, 0) is 4.79 Å². The van der Waals surface area contributed by atoms with Crippen molar-refractivity contribution in [1.82, 2.24) is 5.32 Å². The summed E-state index contributed by atoms with van der Waals surface area (Å²) in [5, 5.41) is 4.64. The van der Waals surface area contributed by atoms with Crippen LogP contribution in [0.5, 0.6) is 0 Å². The summed E-state index contributed by atoms with van der Waals surface area (Å²) in [6, 6.07) is 5.44. The summed E-state index contributed by atoms with van der Waals surface area (Å²) in [6.45, 7) is 2.80. The minimum atomic E-state index is -4.86. The van der Waals surface area contributed by atoms with Crippen LogP contribution in [0.3, 0.4) is 0 Å². The van der Waals surface area contributed by atoms with Gasteiger partial charge in [0, 0.05) is 17.8 Å². The van der Waals surface area contributed by atoms with Gasteiger partial charge in [-0.15, -0.1) is 0 Å². The van der Waals surface area contributed by atoms with Crippen LogP contribution in [0.15, 0.2) is 24.3 Å².